The smallest absolute Gasteiger partial charge is 0.129 e. The van der Waals surface area contributed by atoms with Crippen molar-refractivity contribution in [2.45, 2.75) is 10.6 Å². The molecule has 2 aromatic rings. The van der Waals surface area contributed by atoms with Crippen LogP contribution in [0.4, 0.5) is 5.69 Å². The summed E-state index contributed by atoms with van der Waals surface area (Å²) in [6.07, 6.45) is 1.69. The van der Waals surface area contributed by atoms with Gasteiger partial charge in [0.1, 0.15) is 5.15 Å². The molecule has 1 aromatic carbocycles. The van der Waals surface area contributed by atoms with Gasteiger partial charge in [-0.2, -0.15) is 0 Å². The number of pyridine rings is 1. The third-order valence-corrected chi connectivity index (χ3v) is 3.74. The molecule has 0 unspecified atom stereocenters. The zero-order valence-electron chi connectivity index (χ0n) is 8.86. The molecular formula is C12H10Cl2N2S. The van der Waals surface area contributed by atoms with E-state index < -0.39 is 0 Å². The quantitative estimate of drug-likeness (QED) is 0.520. The number of nitrogens with zero attached hydrogens (tertiary/aromatic N) is 1. The number of hydrogen-bond donors (Lipinski definition) is 1. The van der Waals surface area contributed by atoms with Crippen LogP contribution in [0.15, 0.2) is 41.4 Å². The second kappa shape index (κ2) is 5.63. The second-order valence-corrected chi connectivity index (χ2v) is 5.30. The summed E-state index contributed by atoms with van der Waals surface area (Å²) in [5.74, 6) is 0.785. The maximum atomic E-state index is 5.92. The van der Waals surface area contributed by atoms with Crippen LogP contribution in [0.3, 0.4) is 0 Å². The number of hydrogen-bond acceptors (Lipinski definition) is 3. The Hall–Kier alpha value is -0.900. The Labute approximate surface area is 114 Å². The monoisotopic (exact) mass is 284 g/mol. The maximum Gasteiger partial charge on any atom is 0.129 e. The molecule has 0 radical (unpaired) electrons. The fourth-order valence-electron chi connectivity index (χ4n) is 1.33. The first kappa shape index (κ1) is 12.6. The van der Waals surface area contributed by atoms with Crippen LogP contribution in [0.5, 0.6) is 0 Å². The normalized spacial score (nSPS) is 10.5. The highest BCUT2D eigenvalue weighted by atomic mass is 35.5. The lowest BCUT2D eigenvalue weighted by Gasteiger charge is -2.06. The van der Waals surface area contributed by atoms with Gasteiger partial charge in [-0.1, -0.05) is 23.2 Å². The van der Waals surface area contributed by atoms with Crippen molar-refractivity contribution < 1.29 is 0 Å². The first-order chi connectivity index (χ1) is 8.15. The summed E-state index contributed by atoms with van der Waals surface area (Å²) in [6.45, 7) is 0. The fraction of sp³-hybridized carbons (Fsp3) is 0.0833. The van der Waals surface area contributed by atoms with Gasteiger partial charge >= 0.3 is 0 Å². The van der Waals surface area contributed by atoms with Crippen LogP contribution in [0.2, 0.25) is 10.2 Å². The lowest BCUT2D eigenvalue weighted by molar-refractivity contribution is 1.27. The molecule has 2 rings (SSSR count). The van der Waals surface area contributed by atoms with E-state index in [1.54, 1.807) is 24.0 Å². The van der Waals surface area contributed by atoms with E-state index >= 15 is 0 Å². The minimum atomic E-state index is 0.502. The van der Waals surface area contributed by atoms with Crippen molar-refractivity contribution in [1.29, 1.82) is 0 Å². The highest BCUT2D eigenvalue weighted by Gasteiger charge is 2.02. The van der Waals surface area contributed by atoms with Crippen molar-refractivity contribution in [3.05, 3.63) is 52.3 Å². The van der Waals surface area contributed by atoms with Crippen molar-refractivity contribution in [2.75, 3.05) is 5.73 Å². The van der Waals surface area contributed by atoms with Crippen LogP contribution in [-0.4, -0.2) is 4.98 Å². The standard InChI is InChI=1S/C12H10Cl2N2S/c13-9-1-2-10(15)11(6-9)17-7-8-3-4-16-12(14)5-8/h1-6H,7,15H2. The van der Waals surface area contributed by atoms with Gasteiger partial charge < -0.3 is 5.73 Å². The van der Waals surface area contributed by atoms with Gasteiger partial charge in [-0.3, -0.25) is 0 Å². The Bertz CT molecular complexity index is 532. The molecule has 0 saturated heterocycles. The van der Waals surface area contributed by atoms with E-state index in [-0.39, 0.29) is 0 Å². The summed E-state index contributed by atoms with van der Waals surface area (Å²) < 4.78 is 0. The average Bonchev–Trinajstić information content (AvgIpc) is 2.30. The molecule has 0 bridgehead atoms. The molecule has 0 spiro atoms. The third kappa shape index (κ3) is 3.53. The highest BCUT2D eigenvalue weighted by Crippen LogP contribution is 2.30. The first-order valence-corrected chi connectivity index (χ1v) is 6.67. The van der Waals surface area contributed by atoms with Crippen LogP contribution < -0.4 is 5.73 Å². The Morgan fingerprint density at radius 3 is 2.76 bits per heavy atom. The van der Waals surface area contributed by atoms with Crippen LogP contribution >= 0.6 is 35.0 Å². The van der Waals surface area contributed by atoms with E-state index in [1.807, 2.05) is 24.3 Å². The molecule has 0 aliphatic heterocycles. The molecule has 0 atom stereocenters. The summed E-state index contributed by atoms with van der Waals surface area (Å²) in [5, 5.41) is 1.19. The van der Waals surface area contributed by atoms with Crippen molar-refractivity contribution in [3.8, 4) is 0 Å². The van der Waals surface area contributed by atoms with E-state index in [4.69, 9.17) is 28.9 Å². The van der Waals surface area contributed by atoms with Crippen molar-refractivity contribution in [3.63, 3.8) is 0 Å². The molecular weight excluding hydrogens is 275 g/mol. The maximum absolute atomic E-state index is 5.92. The van der Waals surface area contributed by atoms with Gasteiger partial charge in [0.15, 0.2) is 0 Å². The lowest BCUT2D eigenvalue weighted by atomic mass is 10.3. The van der Waals surface area contributed by atoms with Crippen LogP contribution in [0.1, 0.15) is 5.56 Å². The van der Waals surface area contributed by atoms with Gasteiger partial charge in [-0.05, 0) is 35.9 Å². The summed E-state index contributed by atoms with van der Waals surface area (Å²) in [6, 6.07) is 9.23. The molecule has 5 heteroatoms. The first-order valence-electron chi connectivity index (χ1n) is 4.93. The number of benzene rings is 1. The number of thioether (sulfide) groups is 1. The summed E-state index contributed by atoms with van der Waals surface area (Å²) in [4.78, 5) is 4.91. The molecule has 0 saturated carbocycles. The van der Waals surface area contributed by atoms with Crippen molar-refractivity contribution in [2.24, 2.45) is 0 Å². The summed E-state index contributed by atoms with van der Waals surface area (Å²) >= 11 is 13.4. The minimum absolute atomic E-state index is 0.502. The van der Waals surface area contributed by atoms with Crippen molar-refractivity contribution in [1.82, 2.24) is 4.98 Å². The molecule has 0 aliphatic carbocycles. The SMILES string of the molecule is Nc1ccc(Cl)cc1SCc1ccnc(Cl)c1. The van der Waals surface area contributed by atoms with E-state index in [1.165, 1.54) is 0 Å². The number of halogens is 2. The fourth-order valence-corrected chi connectivity index (χ4v) is 2.71. The molecule has 0 amide bonds. The van der Waals surface area contributed by atoms with Gasteiger partial charge in [0.25, 0.3) is 0 Å². The van der Waals surface area contributed by atoms with Crippen molar-refractivity contribution >= 4 is 40.7 Å². The summed E-state index contributed by atoms with van der Waals surface area (Å²) in [5.41, 5.74) is 7.71. The van der Waals surface area contributed by atoms with E-state index in [2.05, 4.69) is 4.98 Å². The zero-order valence-corrected chi connectivity index (χ0v) is 11.2. The molecule has 0 aliphatic rings. The number of nitrogens with two attached hydrogens (primary N) is 1. The Kier molecular flexibility index (Phi) is 4.15. The predicted octanol–water partition coefficient (Wildman–Crippen LogP) is 4.26. The van der Waals surface area contributed by atoms with E-state index in [0.717, 1.165) is 21.9 Å². The average molecular weight is 285 g/mol. The van der Waals surface area contributed by atoms with E-state index in [0.29, 0.717) is 10.2 Å². The zero-order chi connectivity index (χ0) is 12.3. The minimum Gasteiger partial charge on any atom is -0.398 e. The molecule has 2 N–H and O–H groups in total. The van der Waals surface area contributed by atoms with Gasteiger partial charge in [0.2, 0.25) is 0 Å². The van der Waals surface area contributed by atoms with Gasteiger partial charge in [-0.15, -0.1) is 11.8 Å². The number of anilines is 1. The largest absolute Gasteiger partial charge is 0.398 e. The predicted molar refractivity (Wildman–Crippen MR) is 74.7 cm³/mol. The van der Waals surface area contributed by atoms with Crippen LogP contribution in [0.25, 0.3) is 0 Å². The topological polar surface area (TPSA) is 38.9 Å². The second-order valence-electron chi connectivity index (χ2n) is 3.46. The Balaban J connectivity index is 2.09. The highest BCUT2D eigenvalue weighted by molar-refractivity contribution is 7.98. The van der Waals surface area contributed by atoms with Gasteiger partial charge in [0, 0.05) is 27.6 Å². The lowest BCUT2D eigenvalue weighted by Crippen LogP contribution is -1.89. The molecule has 2 nitrogen and oxygen atoms in total. The molecule has 88 valence electrons. The molecule has 0 fully saturated rings. The third-order valence-electron chi connectivity index (χ3n) is 2.16. The Morgan fingerprint density at radius 2 is 2.00 bits per heavy atom. The van der Waals surface area contributed by atoms with Crippen LogP contribution in [0, 0.1) is 0 Å². The molecule has 1 heterocycles. The van der Waals surface area contributed by atoms with Gasteiger partial charge in [-0.25, -0.2) is 4.98 Å². The number of nitrogen functional groups attached to an aromatic ring is 1. The van der Waals surface area contributed by atoms with Crippen LogP contribution in [-0.2, 0) is 5.75 Å². The van der Waals surface area contributed by atoms with Gasteiger partial charge in [0.05, 0.1) is 0 Å². The Morgan fingerprint density at radius 1 is 1.18 bits per heavy atom. The molecule has 1 aromatic heterocycles. The summed E-state index contributed by atoms with van der Waals surface area (Å²) in [7, 11) is 0. The van der Waals surface area contributed by atoms with E-state index in [9.17, 15) is 0 Å². The number of aromatic nitrogens is 1. The number of rotatable bonds is 3. The molecule has 17 heavy (non-hydrogen) atoms.